The van der Waals surface area contributed by atoms with Gasteiger partial charge in [0.25, 0.3) is 0 Å². The first-order valence-electron chi connectivity index (χ1n) is 10.4. The predicted molar refractivity (Wildman–Crippen MR) is 120 cm³/mol. The molecule has 0 aliphatic carbocycles. The van der Waals surface area contributed by atoms with Crippen molar-refractivity contribution in [3.63, 3.8) is 0 Å². The summed E-state index contributed by atoms with van der Waals surface area (Å²) in [5.41, 5.74) is 4.27. The summed E-state index contributed by atoms with van der Waals surface area (Å²) in [5.74, 6) is 0.893. The summed E-state index contributed by atoms with van der Waals surface area (Å²) in [6.07, 6.45) is 0.206. The first kappa shape index (κ1) is 18.7. The lowest BCUT2D eigenvalue weighted by Gasteiger charge is -2.37. The molecule has 1 heterocycles. The van der Waals surface area contributed by atoms with Crippen molar-refractivity contribution in [3.05, 3.63) is 138 Å². The molecule has 148 valence electrons. The Hall–Kier alpha value is -3.36. The molecule has 1 aliphatic rings. The Bertz CT molecular complexity index is 990. The van der Waals surface area contributed by atoms with Crippen molar-refractivity contribution < 1.29 is 9.47 Å². The first-order chi connectivity index (χ1) is 14.9. The molecular weight excluding hydrogens is 368 g/mol. The molecule has 0 N–H and O–H groups in total. The Morgan fingerprint density at radius 3 is 1.53 bits per heavy atom. The van der Waals surface area contributed by atoms with Crippen LogP contribution < -0.4 is 4.74 Å². The van der Waals surface area contributed by atoms with Gasteiger partial charge < -0.3 is 9.47 Å². The molecule has 0 bridgehead atoms. The third-order valence-electron chi connectivity index (χ3n) is 5.74. The van der Waals surface area contributed by atoms with E-state index in [9.17, 15) is 0 Å². The number of benzene rings is 4. The molecule has 1 unspecified atom stereocenters. The van der Waals surface area contributed by atoms with Gasteiger partial charge in [0.05, 0.1) is 12.0 Å². The third-order valence-corrected chi connectivity index (χ3v) is 5.74. The van der Waals surface area contributed by atoms with E-state index in [1.165, 1.54) is 16.7 Å². The van der Waals surface area contributed by atoms with Crippen molar-refractivity contribution >= 4 is 0 Å². The van der Waals surface area contributed by atoms with E-state index in [1.54, 1.807) is 0 Å². The third kappa shape index (κ3) is 3.40. The minimum atomic E-state index is -0.495. The molecule has 0 spiro atoms. The molecule has 0 amide bonds. The molecule has 2 nitrogen and oxygen atoms in total. The van der Waals surface area contributed by atoms with Gasteiger partial charge in [0.2, 0.25) is 0 Å². The summed E-state index contributed by atoms with van der Waals surface area (Å²) >= 11 is 0. The second-order valence-electron chi connectivity index (χ2n) is 7.61. The molecule has 1 atom stereocenters. The highest BCUT2D eigenvalue weighted by atomic mass is 16.6. The Labute approximate surface area is 177 Å². The average Bonchev–Trinajstić information content (AvgIpc) is 3.66. The van der Waals surface area contributed by atoms with Crippen LogP contribution in [0.1, 0.15) is 22.3 Å². The number of rotatable bonds is 7. The van der Waals surface area contributed by atoms with E-state index in [0.29, 0.717) is 6.61 Å². The van der Waals surface area contributed by atoms with Gasteiger partial charge in [0.1, 0.15) is 18.5 Å². The summed E-state index contributed by atoms with van der Waals surface area (Å²) in [6.45, 7) is 1.36. The number of hydrogen-bond donors (Lipinski definition) is 0. The van der Waals surface area contributed by atoms with Crippen LogP contribution >= 0.6 is 0 Å². The van der Waals surface area contributed by atoms with E-state index < -0.39 is 5.41 Å². The molecule has 30 heavy (non-hydrogen) atoms. The molecule has 0 radical (unpaired) electrons. The van der Waals surface area contributed by atoms with Gasteiger partial charge in [0.15, 0.2) is 0 Å². The van der Waals surface area contributed by atoms with Gasteiger partial charge in [-0.3, -0.25) is 0 Å². The van der Waals surface area contributed by atoms with E-state index >= 15 is 0 Å². The summed E-state index contributed by atoms with van der Waals surface area (Å²) in [5, 5.41) is 0. The van der Waals surface area contributed by atoms with E-state index in [1.807, 2.05) is 6.07 Å². The van der Waals surface area contributed by atoms with Crippen LogP contribution in [-0.4, -0.2) is 19.3 Å². The largest absolute Gasteiger partial charge is 0.490 e. The number of hydrogen-bond acceptors (Lipinski definition) is 2. The molecule has 1 saturated heterocycles. The van der Waals surface area contributed by atoms with E-state index in [-0.39, 0.29) is 6.10 Å². The van der Waals surface area contributed by atoms with Crippen LogP contribution in [-0.2, 0) is 10.2 Å². The second-order valence-corrected chi connectivity index (χ2v) is 7.61. The summed E-state index contributed by atoms with van der Waals surface area (Å²) < 4.78 is 11.7. The quantitative estimate of drug-likeness (QED) is 0.291. The highest BCUT2D eigenvalue weighted by Crippen LogP contribution is 2.48. The molecule has 1 aliphatic heterocycles. The topological polar surface area (TPSA) is 21.8 Å². The van der Waals surface area contributed by atoms with Crippen LogP contribution in [0.2, 0.25) is 0 Å². The predicted octanol–water partition coefficient (Wildman–Crippen LogP) is 5.85. The Balaban J connectivity index is 1.81. The maximum Gasteiger partial charge on any atom is 0.124 e. The zero-order valence-corrected chi connectivity index (χ0v) is 16.8. The average molecular weight is 392 g/mol. The van der Waals surface area contributed by atoms with Crippen molar-refractivity contribution in [2.24, 2.45) is 0 Å². The molecule has 0 saturated carbocycles. The first-order valence-corrected chi connectivity index (χ1v) is 10.4. The smallest absolute Gasteiger partial charge is 0.124 e. The van der Waals surface area contributed by atoms with Crippen molar-refractivity contribution in [3.8, 4) is 5.75 Å². The van der Waals surface area contributed by atoms with Crippen LogP contribution in [0, 0.1) is 0 Å². The molecule has 2 heteroatoms. The lowest BCUT2D eigenvalue weighted by Crippen LogP contribution is -2.31. The normalized spacial score (nSPS) is 15.5. The zero-order chi connectivity index (χ0) is 20.2. The molecule has 1 fully saturated rings. The highest BCUT2D eigenvalue weighted by molar-refractivity contribution is 5.63. The van der Waals surface area contributed by atoms with Crippen molar-refractivity contribution in [2.75, 3.05) is 13.2 Å². The molecule has 0 aromatic heterocycles. The minimum Gasteiger partial charge on any atom is -0.490 e. The second kappa shape index (κ2) is 8.17. The SMILES string of the molecule is c1ccc(C(c2ccccc2)(c2ccccc2)c2ccccc2OCC2CO2)cc1. The Kier molecular flexibility index (Phi) is 5.08. The van der Waals surface area contributed by atoms with Gasteiger partial charge in [-0.15, -0.1) is 0 Å². The van der Waals surface area contributed by atoms with Crippen molar-refractivity contribution in [2.45, 2.75) is 11.5 Å². The van der Waals surface area contributed by atoms with Crippen LogP contribution in [0.25, 0.3) is 0 Å². The number of ether oxygens (including phenoxy) is 2. The monoisotopic (exact) mass is 392 g/mol. The van der Waals surface area contributed by atoms with E-state index in [0.717, 1.165) is 17.9 Å². The van der Waals surface area contributed by atoms with Gasteiger partial charge in [-0.05, 0) is 22.8 Å². The van der Waals surface area contributed by atoms with Gasteiger partial charge in [-0.2, -0.15) is 0 Å². The maximum atomic E-state index is 6.31. The molecule has 5 rings (SSSR count). The summed E-state index contributed by atoms with van der Waals surface area (Å²) in [6, 6.07) is 40.5. The van der Waals surface area contributed by atoms with Crippen molar-refractivity contribution in [1.29, 1.82) is 0 Å². The fourth-order valence-corrected chi connectivity index (χ4v) is 4.28. The number of epoxide rings is 1. The van der Waals surface area contributed by atoms with Gasteiger partial charge in [0, 0.05) is 5.56 Å². The van der Waals surface area contributed by atoms with Gasteiger partial charge >= 0.3 is 0 Å². The number of para-hydroxylation sites is 1. The maximum absolute atomic E-state index is 6.31. The zero-order valence-electron chi connectivity index (χ0n) is 16.8. The van der Waals surface area contributed by atoms with Crippen LogP contribution in [0.15, 0.2) is 115 Å². The highest BCUT2D eigenvalue weighted by Gasteiger charge is 2.40. The summed E-state index contributed by atoms with van der Waals surface area (Å²) in [7, 11) is 0. The lowest BCUT2D eigenvalue weighted by atomic mass is 9.65. The fourth-order valence-electron chi connectivity index (χ4n) is 4.28. The van der Waals surface area contributed by atoms with E-state index in [4.69, 9.17) is 9.47 Å². The van der Waals surface area contributed by atoms with Crippen LogP contribution in [0.3, 0.4) is 0 Å². The fraction of sp³-hybridized carbons (Fsp3) is 0.143. The standard InChI is InChI=1S/C28H24O2/c1-4-12-22(13-5-1)28(23-14-6-2-7-15-23,24-16-8-3-9-17-24)26-18-10-11-19-27(26)30-21-25-20-29-25/h1-19,25H,20-21H2. The van der Waals surface area contributed by atoms with Crippen LogP contribution in [0.5, 0.6) is 5.75 Å². The lowest BCUT2D eigenvalue weighted by molar-refractivity contribution is 0.260. The van der Waals surface area contributed by atoms with Crippen LogP contribution in [0.4, 0.5) is 0 Å². The Morgan fingerprint density at radius 1 is 0.633 bits per heavy atom. The molecule has 4 aromatic carbocycles. The van der Waals surface area contributed by atoms with E-state index in [2.05, 4.69) is 109 Å². The van der Waals surface area contributed by atoms with Gasteiger partial charge in [-0.1, -0.05) is 109 Å². The molecular formula is C28H24O2. The van der Waals surface area contributed by atoms with Gasteiger partial charge in [-0.25, -0.2) is 0 Å². The molecule has 4 aromatic rings. The summed E-state index contributed by atoms with van der Waals surface area (Å²) in [4.78, 5) is 0. The minimum absolute atomic E-state index is 0.206. The Morgan fingerprint density at radius 2 is 1.07 bits per heavy atom. The van der Waals surface area contributed by atoms with Crippen molar-refractivity contribution in [1.82, 2.24) is 0 Å².